The summed E-state index contributed by atoms with van der Waals surface area (Å²) in [5.74, 6) is 1.15. The zero-order chi connectivity index (χ0) is 19.1. The van der Waals surface area contributed by atoms with Crippen LogP contribution in [0.4, 0.5) is 5.82 Å². The average molecular weight is 370 g/mol. The number of hydrogen-bond donors (Lipinski definition) is 2. The molecular formula is C19H26N6O2. The number of anilines is 1. The molecule has 2 aromatic heterocycles. The van der Waals surface area contributed by atoms with Gasteiger partial charge in [0.05, 0.1) is 25.1 Å². The molecule has 0 aliphatic rings. The summed E-state index contributed by atoms with van der Waals surface area (Å²) in [5.41, 5.74) is 14.1. The number of hydrogen-bond acceptors (Lipinski definition) is 7. The molecule has 144 valence electrons. The van der Waals surface area contributed by atoms with Crippen LogP contribution in [0.3, 0.4) is 0 Å². The molecule has 0 amide bonds. The van der Waals surface area contributed by atoms with E-state index in [1.165, 1.54) is 0 Å². The summed E-state index contributed by atoms with van der Waals surface area (Å²) < 4.78 is 12.9. The van der Waals surface area contributed by atoms with Gasteiger partial charge < -0.3 is 20.9 Å². The highest BCUT2D eigenvalue weighted by Crippen LogP contribution is 2.19. The van der Waals surface area contributed by atoms with E-state index >= 15 is 0 Å². The maximum absolute atomic E-state index is 6.01. The summed E-state index contributed by atoms with van der Waals surface area (Å²) in [6.07, 6.45) is 5.25. The van der Waals surface area contributed by atoms with Crippen molar-refractivity contribution < 1.29 is 9.47 Å². The van der Waals surface area contributed by atoms with Crippen molar-refractivity contribution in [2.45, 2.75) is 32.6 Å². The zero-order valence-electron chi connectivity index (χ0n) is 15.6. The molecule has 0 fully saturated rings. The third-order valence-corrected chi connectivity index (χ3v) is 4.09. The van der Waals surface area contributed by atoms with Crippen molar-refractivity contribution >= 4 is 11.5 Å². The van der Waals surface area contributed by atoms with Crippen LogP contribution in [-0.2, 0) is 6.42 Å². The van der Waals surface area contributed by atoms with Crippen LogP contribution in [0.2, 0.25) is 0 Å². The van der Waals surface area contributed by atoms with Gasteiger partial charge in [-0.1, -0.05) is 25.5 Å². The molecule has 0 bridgehead atoms. The van der Waals surface area contributed by atoms with E-state index in [4.69, 9.17) is 20.9 Å². The van der Waals surface area contributed by atoms with E-state index < -0.39 is 0 Å². The molecule has 8 nitrogen and oxygen atoms in total. The molecule has 8 heteroatoms. The van der Waals surface area contributed by atoms with Gasteiger partial charge in [-0.25, -0.2) is 9.50 Å². The van der Waals surface area contributed by atoms with Gasteiger partial charge in [-0.15, -0.1) is 5.10 Å². The summed E-state index contributed by atoms with van der Waals surface area (Å²) in [6.45, 7) is 3.92. The minimum absolute atomic E-state index is 0.274. The van der Waals surface area contributed by atoms with Crippen molar-refractivity contribution in [3.63, 3.8) is 0 Å². The van der Waals surface area contributed by atoms with Crippen molar-refractivity contribution in [1.82, 2.24) is 19.6 Å². The lowest BCUT2D eigenvalue weighted by molar-refractivity contribution is 0.280. The van der Waals surface area contributed by atoms with Crippen molar-refractivity contribution in [2.75, 3.05) is 25.5 Å². The summed E-state index contributed by atoms with van der Waals surface area (Å²) in [4.78, 5) is 8.52. The second kappa shape index (κ2) is 9.18. The number of unbranched alkanes of at least 4 members (excludes halogenated alkanes) is 1. The smallest absolute Gasteiger partial charge is 0.336 e. The van der Waals surface area contributed by atoms with Gasteiger partial charge in [0.2, 0.25) is 0 Å². The molecule has 2 heterocycles. The molecule has 0 unspecified atom stereocenters. The van der Waals surface area contributed by atoms with Crippen molar-refractivity contribution in [3.05, 3.63) is 41.7 Å². The van der Waals surface area contributed by atoms with E-state index in [2.05, 4.69) is 22.0 Å². The predicted octanol–water partition coefficient (Wildman–Crippen LogP) is 2.20. The van der Waals surface area contributed by atoms with Crippen molar-refractivity contribution in [3.8, 4) is 11.8 Å². The molecule has 27 heavy (non-hydrogen) atoms. The summed E-state index contributed by atoms with van der Waals surface area (Å²) >= 11 is 0. The van der Waals surface area contributed by atoms with Gasteiger partial charge in [0.15, 0.2) is 11.5 Å². The molecule has 3 aromatic rings. The fraction of sp³-hybridized carbons (Fsp3) is 0.421. The number of nitrogen functional groups attached to an aromatic ring is 1. The van der Waals surface area contributed by atoms with Crippen LogP contribution in [-0.4, -0.2) is 39.3 Å². The molecule has 3 rings (SSSR count). The SMILES string of the molecule is CCCCOc1nc(N)c2ncc(Cc3ccc(OCCCN)cc3)n2n1. The second-order valence-electron chi connectivity index (χ2n) is 6.28. The molecular weight excluding hydrogens is 344 g/mol. The highest BCUT2D eigenvalue weighted by atomic mass is 16.5. The molecule has 0 spiro atoms. The number of fused-ring (bicyclic) bond motifs is 1. The van der Waals surface area contributed by atoms with Gasteiger partial charge in [-0.2, -0.15) is 4.98 Å². The first-order valence-corrected chi connectivity index (χ1v) is 9.26. The van der Waals surface area contributed by atoms with Crippen molar-refractivity contribution in [2.24, 2.45) is 5.73 Å². The molecule has 0 atom stereocenters. The highest BCUT2D eigenvalue weighted by Gasteiger charge is 2.12. The quantitative estimate of drug-likeness (QED) is 0.526. The van der Waals surface area contributed by atoms with Crippen LogP contribution in [0.25, 0.3) is 5.65 Å². The number of benzene rings is 1. The van der Waals surface area contributed by atoms with E-state index in [0.29, 0.717) is 37.6 Å². The lowest BCUT2D eigenvalue weighted by Crippen LogP contribution is -2.09. The Balaban J connectivity index is 1.74. The second-order valence-corrected chi connectivity index (χ2v) is 6.28. The Morgan fingerprint density at radius 1 is 1.07 bits per heavy atom. The Morgan fingerprint density at radius 2 is 1.85 bits per heavy atom. The van der Waals surface area contributed by atoms with E-state index in [1.54, 1.807) is 10.7 Å². The number of nitrogens with zero attached hydrogens (tertiary/aromatic N) is 4. The summed E-state index contributed by atoms with van der Waals surface area (Å²) in [5, 5.41) is 4.44. The minimum Gasteiger partial charge on any atom is -0.494 e. The first-order valence-electron chi connectivity index (χ1n) is 9.26. The Hall–Kier alpha value is -2.87. The maximum Gasteiger partial charge on any atom is 0.336 e. The fourth-order valence-corrected chi connectivity index (χ4v) is 2.60. The third kappa shape index (κ3) is 4.85. The molecule has 0 aliphatic carbocycles. The van der Waals surface area contributed by atoms with Crippen LogP contribution in [0.5, 0.6) is 11.8 Å². The van der Waals surface area contributed by atoms with E-state index in [0.717, 1.165) is 36.3 Å². The van der Waals surface area contributed by atoms with Crippen LogP contribution in [0.1, 0.15) is 37.4 Å². The lowest BCUT2D eigenvalue weighted by atomic mass is 10.1. The fourth-order valence-electron chi connectivity index (χ4n) is 2.60. The third-order valence-electron chi connectivity index (χ3n) is 4.09. The first kappa shape index (κ1) is 18.9. The maximum atomic E-state index is 6.01. The molecule has 1 aromatic carbocycles. The van der Waals surface area contributed by atoms with Crippen molar-refractivity contribution in [1.29, 1.82) is 0 Å². The minimum atomic E-state index is 0.274. The number of imidazole rings is 1. The zero-order valence-corrected chi connectivity index (χ0v) is 15.6. The lowest BCUT2D eigenvalue weighted by Gasteiger charge is -2.08. The van der Waals surface area contributed by atoms with Gasteiger partial charge in [0, 0.05) is 6.42 Å². The normalized spacial score (nSPS) is 11.0. The van der Waals surface area contributed by atoms with Crippen LogP contribution >= 0.6 is 0 Å². The van der Waals surface area contributed by atoms with Gasteiger partial charge in [-0.3, -0.25) is 0 Å². The standard InChI is InChI=1S/C19H26N6O2/c1-2-3-10-27-19-23-17(21)18-22-13-15(25(18)24-19)12-14-5-7-16(8-6-14)26-11-4-9-20/h5-8,13H,2-4,9-12,20H2,1H3,(H2,21,23,24). The molecule has 0 saturated heterocycles. The first-order chi connectivity index (χ1) is 13.2. The van der Waals surface area contributed by atoms with Gasteiger partial charge in [-0.05, 0) is 37.1 Å². The monoisotopic (exact) mass is 370 g/mol. The van der Waals surface area contributed by atoms with Gasteiger partial charge in [0.25, 0.3) is 0 Å². The Labute approximate surface area is 158 Å². The van der Waals surface area contributed by atoms with Gasteiger partial charge >= 0.3 is 6.01 Å². The largest absolute Gasteiger partial charge is 0.494 e. The van der Waals surface area contributed by atoms with E-state index in [9.17, 15) is 0 Å². The Morgan fingerprint density at radius 3 is 2.59 bits per heavy atom. The number of rotatable bonds is 10. The summed E-state index contributed by atoms with van der Waals surface area (Å²) in [7, 11) is 0. The molecule has 4 N–H and O–H groups in total. The molecule has 0 saturated carbocycles. The number of ether oxygens (including phenoxy) is 2. The Kier molecular flexibility index (Phi) is 6.43. The number of nitrogens with two attached hydrogens (primary N) is 2. The summed E-state index contributed by atoms with van der Waals surface area (Å²) in [6, 6.07) is 8.24. The predicted molar refractivity (Wildman–Crippen MR) is 104 cm³/mol. The topological polar surface area (TPSA) is 114 Å². The Bertz CT molecular complexity index is 863. The molecule has 0 radical (unpaired) electrons. The highest BCUT2D eigenvalue weighted by molar-refractivity contribution is 5.59. The van der Waals surface area contributed by atoms with E-state index in [-0.39, 0.29) is 6.01 Å². The molecule has 0 aliphatic heterocycles. The van der Waals surface area contributed by atoms with Gasteiger partial charge in [0.1, 0.15) is 5.75 Å². The number of aromatic nitrogens is 4. The van der Waals surface area contributed by atoms with Crippen LogP contribution in [0.15, 0.2) is 30.5 Å². The van der Waals surface area contributed by atoms with Crippen LogP contribution in [0, 0.1) is 0 Å². The average Bonchev–Trinajstić information content (AvgIpc) is 3.07. The van der Waals surface area contributed by atoms with Crippen LogP contribution < -0.4 is 20.9 Å². The van der Waals surface area contributed by atoms with E-state index in [1.807, 2.05) is 24.3 Å².